The van der Waals surface area contributed by atoms with E-state index in [1.807, 2.05) is 23.4 Å². The van der Waals surface area contributed by atoms with Gasteiger partial charge in [0.15, 0.2) is 10.9 Å². The first kappa shape index (κ1) is 24.9. The van der Waals surface area contributed by atoms with Crippen LogP contribution < -0.4 is 9.80 Å². The van der Waals surface area contributed by atoms with Crippen molar-refractivity contribution in [3.63, 3.8) is 0 Å². The zero-order valence-corrected chi connectivity index (χ0v) is 22.4. The highest BCUT2D eigenvalue weighted by Crippen LogP contribution is 2.38. The number of rotatable bonds is 6. The van der Waals surface area contributed by atoms with Gasteiger partial charge in [-0.1, -0.05) is 29.6 Å². The van der Waals surface area contributed by atoms with Gasteiger partial charge in [-0.25, -0.2) is 19.2 Å². The molecule has 1 aliphatic heterocycles. The lowest BCUT2D eigenvalue weighted by molar-refractivity contribution is 0.0839. The fraction of sp³-hybridized carbons (Fsp3) is 0.375. The zero-order valence-electron chi connectivity index (χ0n) is 20.8. The zero-order chi connectivity index (χ0) is 26.3. The molecule has 37 heavy (non-hydrogen) atoms. The molecule has 0 radical (unpaired) electrons. The number of anilines is 3. The Balaban J connectivity index is 1.45. The number of carbonyl (C=O) groups excluding carboxylic acids is 1. The van der Waals surface area contributed by atoms with E-state index in [0.29, 0.717) is 34.2 Å². The van der Waals surface area contributed by atoms with E-state index < -0.39 is 0 Å². The molecule has 1 aromatic carbocycles. The highest BCUT2D eigenvalue weighted by atomic mass is 32.1. The summed E-state index contributed by atoms with van der Waals surface area (Å²) in [5.41, 5.74) is 2.06. The van der Waals surface area contributed by atoms with Crippen LogP contribution in [0, 0.1) is 17.1 Å². The second kappa shape index (κ2) is 9.95. The van der Waals surface area contributed by atoms with Crippen LogP contribution in [0.4, 0.5) is 25.3 Å². The summed E-state index contributed by atoms with van der Waals surface area (Å²) < 4.78 is 20.8. The van der Waals surface area contributed by atoms with Crippen LogP contribution in [-0.2, 0) is 11.2 Å². The monoisotopic (exact) mass is 540 g/mol. The first-order chi connectivity index (χ1) is 17.8. The minimum Gasteiger partial charge on any atom is -0.444 e. The van der Waals surface area contributed by atoms with Crippen molar-refractivity contribution in [3.8, 4) is 17.3 Å². The van der Waals surface area contributed by atoms with Crippen molar-refractivity contribution in [2.75, 3.05) is 44.0 Å². The molecule has 4 heterocycles. The lowest BCUT2D eigenvalue weighted by Gasteiger charge is -2.17. The first-order valence-corrected chi connectivity index (χ1v) is 13.3. The van der Waals surface area contributed by atoms with E-state index in [4.69, 9.17) is 19.8 Å². The predicted molar refractivity (Wildman–Crippen MR) is 141 cm³/mol. The van der Waals surface area contributed by atoms with Crippen molar-refractivity contribution < 1.29 is 13.9 Å². The number of fused-ring (bicyclic) bond motifs is 1. The van der Waals surface area contributed by atoms with Gasteiger partial charge in [-0.05, 0) is 30.7 Å². The maximum Gasteiger partial charge on any atom is 0.409 e. The molecule has 5 rings (SSSR count). The molecule has 0 bridgehead atoms. The van der Waals surface area contributed by atoms with Crippen LogP contribution in [0.3, 0.4) is 0 Å². The van der Waals surface area contributed by atoms with Gasteiger partial charge in [0.25, 0.3) is 0 Å². The average Bonchev–Trinajstić information content (AvgIpc) is 3.66. The highest BCUT2D eigenvalue weighted by Gasteiger charge is 2.30. The molecule has 1 atom stereocenters. The van der Waals surface area contributed by atoms with Crippen LogP contribution in [0.2, 0.25) is 0 Å². The van der Waals surface area contributed by atoms with E-state index in [0.717, 1.165) is 34.6 Å². The largest absolute Gasteiger partial charge is 0.444 e. The summed E-state index contributed by atoms with van der Waals surface area (Å²) in [5.74, 6) is 0.433. The van der Waals surface area contributed by atoms with Gasteiger partial charge in [0, 0.05) is 39.7 Å². The quantitative estimate of drug-likeness (QED) is 0.351. The molecule has 3 aromatic heterocycles. The van der Waals surface area contributed by atoms with Gasteiger partial charge in [-0.3, -0.25) is 0 Å². The number of carbonyl (C=O) groups is 1. The molecule has 0 N–H and O–H groups in total. The SMILES string of the molecule is CCc1nc2sc(N3CC[C@@H](OC(=O)N(C)C)C3)nn2c1N(C)c1nc(-c2ccc(F)cc2)c(C#N)s1. The fourth-order valence-electron chi connectivity index (χ4n) is 4.14. The number of nitrogens with zero attached hydrogens (tertiary/aromatic N) is 8. The fourth-order valence-corrected chi connectivity index (χ4v) is 5.94. The van der Waals surface area contributed by atoms with Crippen molar-refractivity contribution in [1.82, 2.24) is 24.5 Å². The third-order valence-corrected chi connectivity index (χ3v) is 8.07. The van der Waals surface area contributed by atoms with Crippen LogP contribution in [0.5, 0.6) is 0 Å². The molecular formula is C24H25FN8O2S2. The van der Waals surface area contributed by atoms with Crippen molar-refractivity contribution >= 4 is 49.8 Å². The van der Waals surface area contributed by atoms with Gasteiger partial charge in [0.1, 0.15) is 28.6 Å². The van der Waals surface area contributed by atoms with Gasteiger partial charge in [0.05, 0.1) is 12.2 Å². The number of amides is 1. The molecular weight excluding hydrogens is 515 g/mol. The molecule has 13 heteroatoms. The number of hydrogen-bond acceptors (Lipinski definition) is 10. The van der Waals surface area contributed by atoms with E-state index in [9.17, 15) is 14.4 Å². The number of hydrogen-bond donors (Lipinski definition) is 0. The Hall–Kier alpha value is -3.76. The molecule has 0 spiro atoms. The maximum absolute atomic E-state index is 13.4. The van der Waals surface area contributed by atoms with Crippen molar-refractivity contribution in [1.29, 1.82) is 5.26 Å². The lowest BCUT2D eigenvalue weighted by atomic mass is 10.1. The molecule has 1 aliphatic rings. The van der Waals surface area contributed by atoms with Crippen LogP contribution >= 0.6 is 22.7 Å². The van der Waals surface area contributed by atoms with E-state index in [1.54, 1.807) is 26.2 Å². The Morgan fingerprint density at radius 3 is 2.68 bits per heavy atom. The average molecular weight is 541 g/mol. The summed E-state index contributed by atoms with van der Waals surface area (Å²) in [6.07, 6.45) is 0.886. The van der Waals surface area contributed by atoms with Gasteiger partial charge in [-0.15, -0.1) is 5.10 Å². The maximum atomic E-state index is 13.4. The van der Waals surface area contributed by atoms with E-state index in [-0.39, 0.29) is 18.0 Å². The molecule has 1 fully saturated rings. The molecule has 4 aromatic rings. The summed E-state index contributed by atoms with van der Waals surface area (Å²) in [6.45, 7) is 3.33. The number of halogens is 1. The Kier molecular flexibility index (Phi) is 6.70. The Bertz CT molecular complexity index is 1490. The number of aryl methyl sites for hydroxylation is 1. The van der Waals surface area contributed by atoms with Crippen molar-refractivity contribution in [3.05, 3.63) is 40.7 Å². The standard InChI is InChI=1S/C24H25FN8O2S2/c1-5-17-20(31(4)21-28-19(18(12-26)36-21)14-6-8-15(25)9-7-14)33-22(27-17)37-23(29-33)32-11-10-16(13-32)35-24(34)30(2)3/h6-9,16H,5,10-11,13H2,1-4H3/t16-/m1/s1. The second-order valence-electron chi connectivity index (χ2n) is 8.80. The number of nitriles is 1. The summed E-state index contributed by atoms with van der Waals surface area (Å²) in [7, 11) is 5.21. The number of imidazole rings is 1. The Morgan fingerprint density at radius 1 is 1.24 bits per heavy atom. The number of ether oxygens (including phenoxy) is 1. The topological polar surface area (TPSA) is 103 Å². The Labute approximate surface area is 221 Å². The van der Waals surface area contributed by atoms with Crippen LogP contribution in [-0.4, -0.2) is 70.9 Å². The third-order valence-electron chi connectivity index (χ3n) is 6.06. The molecule has 192 valence electrons. The summed E-state index contributed by atoms with van der Waals surface area (Å²) in [5, 5.41) is 16.0. The van der Waals surface area contributed by atoms with Crippen LogP contribution in [0.1, 0.15) is 23.9 Å². The predicted octanol–water partition coefficient (Wildman–Crippen LogP) is 4.53. The normalized spacial score (nSPS) is 15.2. The van der Waals surface area contributed by atoms with E-state index >= 15 is 0 Å². The van der Waals surface area contributed by atoms with E-state index in [1.165, 1.54) is 39.7 Å². The second-order valence-corrected chi connectivity index (χ2v) is 10.7. The molecule has 10 nitrogen and oxygen atoms in total. The molecule has 0 unspecified atom stereocenters. The minimum atomic E-state index is -0.350. The van der Waals surface area contributed by atoms with Gasteiger partial charge < -0.3 is 19.4 Å². The van der Waals surface area contributed by atoms with Gasteiger partial charge in [0.2, 0.25) is 10.1 Å². The lowest BCUT2D eigenvalue weighted by Crippen LogP contribution is -2.30. The van der Waals surface area contributed by atoms with Crippen LogP contribution in [0.15, 0.2) is 24.3 Å². The summed E-state index contributed by atoms with van der Waals surface area (Å²) >= 11 is 2.74. The van der Waals surface area contributed by atoms with Gasteiger partial charge >= 0.3 is 6.09 Å². The number of thiazole rings is 1. The summed E-state index contributed by atoms with van der Waals surface area (Å²) in [4.78, 5) is 28.1. The molecule has 0 saturated carbocycles. The third kappa shape index (κ3) is 4.70. The number of aromatic nitrogens is 4. The first-order valence-electron chi connectivity index (χ1n) is 11.7. The van der Waals surface area contributed by atoms with Gasteiger partial charge in [-0.2, -0.15) is 9.78 Å². The van der Waals surface area contributed by atoms with Crippen LogP contribution in [0.25, 0.3) is 16.2 Å². The van der Waals surface area contributed by atoms with Crippen molar-refractivity contribution in [2.24, 2.45) is 0 Å². The minimum absolute atomic E-state index is 0.191. The highest BCUT2D eigenvalue weighted by molar-refractivity contribution is 7.20. The molecule has 1 amide bonds. The Morgan fingerprint density at radius 2 is 2.00 bits per heavy atom. The summed E-state index contributed by atoms with van der Waals surface area (Å²) in [6, 6.07) is 8.17. The number of benzene rings is 1. The smallest absolute Gasteiger partial charge is 0.409 e. The molecule has 0 aliphatic carbocycles. The van der Waals surface area contributed by atoms with Crippen molar-refractivity contribution in [2.45, 2.75) is 25.9 Å². The van der Waals surface area contributed by atoms with E-state index in [2.05, 4.69) is 11.0 Å². The molecule has 1 saturated heterocycles.